The summed E-state index contributed by atoms with van der Waals surface area (Å²) >= 11 is 0. The number of carbonyl (C=O) groups excluding carboxylic acids is 2. The first-order valence-electron chi connectivity index (χ1n) is 7.94. The molecule has 0 saturated heterocycles. The number of fused-ring (bicyclic) bond motifs is 1. The van der Waals surface area contributed by atoms with Crippen molar-refractivity contribution < 1.29 is 14.8 Å². The van der Waals surface area contributed by atoms with E-state index in [9.17, 15) is 9.59 Å². The maximum Gasteiger partial charge on any atom is 0.266 e. The Morgan fingerprint density at radius 1 is 1.00 bits per heavy atom. The molecule has 0 aromatic heterocycles. The van der Waals surface area contributed by atoms with Crippen molar-refractivity contribution in [1.29, 1.82) is 0 Å². The van der Waals surface area contributed by atoms with Crippen LogP contribution in [0.25, 0.3) is 0 Å². The van der Waals surface area contributed by atoms with Gasteiger partial charge < -0.3 is 5.21 Å². The van der Waals surface area contributed by atoms with Gasteiger partial charge in [0.25, 0.3) is 11.8 Å². The van der Waals surface area contributed by atoms with Gasteiger partial charge in [-0.15, -0.1) is 0 Å². The minimum atomic E-state index is -0.374. The van der Waals surface area contributed by atoms with E-state index in [2.05, 4.69) is 5.16 Å². The molecule has 24 heavy (non-hydrogen) atoms. The van der Waals surface area contributed by atoms with E-state index in [0.29, 0.717) is 16.8 Å². The third-order valence-electron chi connectivity index (χ3n) is 4.33. The van der Waals surface area contributed by atoms with Gasteiger partial charge in [0.15, 0.2) is 0 Å². The lowest BCUT2D eigenvalue weighted by molar-refractivity contribution is 0.0925. The predicted octanol–water partition coefficient (Wildman–Crippen LogP) is 3.42. The van der Waals surface area contributed by atoms with Crippen molar-refractivity contribution in [3.8, 4) is 0 Å². The molecule has 3 rings (SSSR count). The molecule has 0 bridgehead atoms. The Hall–Kier alpha value is -2.95. The Morgan fingerprint density at radius 3 is 2.21 bits per heavy atom. The Morgan fingerprint density at radius 2 is 1.62 bits per heavy atom. The first-order chi connectivity index (χ1) is 11.6. The highest BCUT2D eigenvalue weighted by Crippen LogP contribution is 2.35. The fourth-order valence-corrected chi connectivity index (χ4v) is 3.19. The molecule has 1 aliphatic rings. The van der Waals surface area contributed by atoms with Gasteiger partial charge in [0.1, 0.15) is 0 Å². The van der Waals surface area contributed by atoms with Gasteiger partial charge in [-0.2, -0.15) is 0 Å². The number of hydrogen-bond donors (Lipinski definition) is 1. The van der Waals surface area contributed by atoms with Crippen molar-refractivity contribution in [2.24, 2.45) is 5.16 Å². The number of amides is 2. The molecule has 2 aromatic carbocycles. The average Bonchev–Trinajstić information content (AvgIpc) is 2.86. The van der Waals surface area contributed by atoms with Crippen LogP contribution in [0.15, 0.2) is 41.6 Å². The van der Waals surface area contributed by atoms with Gasteiger partial charge in [-0.3, -0.25) is 9.59 Å². The molecule has 2 aromatic rings. The van der Waals surface area contributed by atoms with Crippen LogP contribution in [0.1, 0.15) is 51.3 Å². The van der Waals surface area contributed by atoms with Gasteiger partial charge in [0.05, 0.1) is 23.0 Å². The molecule has 5 nitrogen and oxygen atoms in total. The van der Waals surface area contributed by atoms with Crippen molar-refractivity contribution in [2.45, 2.75) is 26.7 Å². The molecule has 0 atom stereocenters. The van der Waals surface area contributed by atoms with Crippen molar-refractivity contribution in [3.63, 3.8) is 0 Å². The molecule has 1 N–H and O–H groups in total. The van der Waals surface area contributed by atoms with Crippen LogP contribution in [0, 0.1) is 0 Å². The molecule has 0 aliphatic carbocycles. The van der Waals surface area contributed by atoms with Crippen molar-refractivity contribution >= 4 is 23.7 Å². The summed E-state index contributed by atoms with van der Waals surface area (Å²) in [6.45, 7) is 4.00. The highest BCUT2D eigenvalue weighted by Gasteiger charge is 2.39. The monoisotopic (exact) mass is 322 g/mol. The second kappa shape index (κ2) is 6.28. The summed E-state index contributed by atoms with van der Waals surface area (Å²) in [6, 6.07) is 10.8. The molecule has 0 radical (unpaired) electrons. The smallest absolute Gasteiger partial charge is 0.266 e. The van der Waals surface area contributed by atoms with Crippen molar-refractivity contribution in [2.75, 3.05) is 4.90 Å². The standard InChI is InChI=1S/C19H18N2O3/c1-3-12-7-5-8-13(4-2)17(12)21-18(22)15-10-6-9-14(11-20-24)16(15)19(21)23/h5-11,24H,3-4H2,1-2H3/b20-11-. The van der Waals surface area contributed by atoms with Crippen molar-refractivity contribution in [1.82, 2.24) is 0 Å². The van der Waals surface area contributed by atoms with Gasteiger partial charge in [0, 0.05) is 5.56 Å². The molecule has 0 fully saturated rings. The zero-order valence-corrected chi connectivity index (χ0v) is 13.6. The number of rotatable bonds is 4. The highest BCUT2D eigenvalue weighted by atomic mass is 16.4. The van der Waals surface area contributed by atoms with E-state index in [0.717, 1.165) is 24.0 Å². The van der Waals surface area contributed by atoms with Crippen LogP contribution >= 0.6 is 0 Å². The number of anilines is 1. The lowest BCUT2D eigenvalue weighted by Crippen LogP contribution is -2.31. The van der Waals surface area contributed by atoms with Crippen LogP contribution in [-0.2, 0) is 12.8 Å². The summed E-state index contributed by atoms with van der Waals surface area (Å²) in [4.78, 5) is 27.2. The number of aryl methyl sites for hydroxylation is 2. The Balaban J connectivity index is 2.22. The van der Waals surface area contributed by atoms with Crippen LogP contribution in [0.2, 0.25) is 0 Å². The van der Waals surface area contributed by atoms with Crippen LogP contribution in [0.5, 0.6) is 0 Å². The van der Waals surface area contributed by atoms with Crippen LogP contribution in [-0.4, -0.2) is 23.2 Å². The summed E-state index contributed by atoms with van der Waals surface area (Å²) in [6.07, 6.45) is 2.63. The van der Waals surface area contributed by atoms with Crippen LogP contribution < -0.4 is 4.90 Å². The number of carbonyl (C=O) groups is 2. The topological polar surface area (TPSA) is 70.0 Å². The summed E-state index contributed by atoms with van der Waals surface area (Å²) in [5, 5.41) is 11.8. The van der Waals surface area contributed by atoms with Gasteiger partial charge in [0.2, 0.25) is 0 Å². The van der Waals surface area contributed by atoms with E-state index in [1.54, 1.807) is 18.2 Å². The second-order valence-electron chi connectivity index (χ2n) is 5.59. The quantitative estimate of drug-likeness (QED) is 0.406. The zero-order valence-electron chi connectivity index (χ0n) is 13.6. The molecule has 1 aliphatic heterocycles. The molecule has 2 amide bonds. The summed E-state index contributed by atoms with van der Waals surface area (Å²) in [7, 11) is 0. The third kappa shape index (κ3) is 2.29. The van der Waals surface area contributed by atoms with Crippen LogP contribution in [0.3, 0.4) is 0 Å². The van der Waals surface area contributed by atoms with E-state index in [1.807, 2.05) is 32.0 Å². The highest BCUT2D eigenvalue weighted by molar-refractivity contribution is 6.36. The number of nitrogens with zero attached hydrogens (tertiary/aromatic N) is 2. The van der Waals surface area contributed by atoms with E-state index < -0.39 is 0 Å². The summed E-state index contributed by atoms with van der Waals surface area (Å²) < 4.78 is 0. The number of hydrogen-bond acceptors (Lipinski definition) is 4. The SMILES string of the molecule is CCc1cccc(CC)c1N1C(=O)c2cccc(/C=N\O)c2C1=O. The Bertz CT molecular complexity index is 833. The molecule has 0 unspecified atom stereocenters. The zero-order chi connectivity index (χ0) is 17.3. The summed E-state index contributed by atoms with van der Waals surface area (Å²) in [5.41, 5.74) is 3.66. The van der Waals surface area contributed by atoms with Gasteiger partial charge >= 0.3 is 0 Å². The van der Waals surface area contributed by atoms with Gasteiger partial charge in [-0.05, 0) is 30.0 Å². The minimum Gasteiger partial charge on any atom is -0.411 e. The largest absolute Gasteiger partial charge is 0.411 e. The fourth-order valence-electron chi connectivity index (χ4n) is 3.19. The molecule has 122 valence electrons. The number of para-hydroxylation sites is 1. The molecular formula is C19H18N2O3. The normalized spacial score (nSPS) is 13.8. The molecule has 0 spiro atoms. The Kier molecular flexibility index (Phi) is 4.16. The maximum atomic E-state index is 13.0. The lowest BCUT2D eigenvalue weighted by Gasteiger charge is -2.21. The minimum absolute atomic E-state index is 0.285. The van der Waals surface area contributed by atoms with E-state index in [1.165, 1.54) is 11.1 Å². The van der Waals surface area contributed by atoms with Gasteiger partial charge in [-0.25, -0.2) is 4.90 Å². The van der Waals surface area contributed by atoms with Crippen molar-refractivity contribution in [3.05, 3.63) is 64.2 Å². The second-order valence-corrected chi connectivity index (χ2v) is 5.59. The number of imide groups is 1. The predicted molar refractivity (Wildman–Crippen MR) is 92.2 cm³/mol. The van der Waals surface area contributed by atoms with Gasteiger partial charge in [-0.1, -0.05) is 49.3 Å². The fraction of sp³-hybridized carbons (Fsp3) is 0.211. The van der Waals surface area contributed by atoms with E-state index in [-0.39, 0.29) is 17.4 Å². The number of oxime groups is 1. The lowest BCUT2D eigenvalue weighted by atomic mass is 10.0. The van der Waals surface area contributed by atoms with E-state index >= 15 is 0 Å². The third-order valence-corrected chi connectivity index (χ3v) is 4.33. The molecule has 0 saturated carbocycles. The molecular weight excluding hydrogens is 304 g/mol. The first kappa shape index (κ1) is 15.9. The molecule has 1 heterocycles. The van der Waals surface area contributed by atoms with Crippen LogP contribution in [0.4, 0.5) is 5.69 Å². The molecule has 5 heteroatoms. The number of benzene rings is 2. The van der Waals surface area contributed by atoms with E-state index in [4.69, 9.17) is 5.21 Å². The maximum absolute atomic E-state index is 13.0. The average molecular weight is 322 g/mol. The Labute approximate surface area is 140 Å². The first-order valence-corrected chi connectivity index (χ1v) is 7.94. The summed E-state index contributed by atoms with van der Waals surface area (Å²) in [5.74, 6) is -0.708.